The van der Waals surface area contributed by atoms with Crippen molar-refractivity contribution >= 4 is 19.8 Å². The molecular weight excluding hydrogens is 942 g/mol. The number of ether oxygens (including phenoxy) is 2. The lowest BCUT2D eigenvalue weighted by Gasteiger charge is -2.24. The number of hydrogen-bond donors (Lipinski definition) is 1. The Balaban J connectivity index is 4.09. The lowest BCUT2D eigenvalue weighted by Crippen LogP contribution is -2.37. The molecule has 2 unspecified atom stereocenters. The van der Waals surface area contributed by atoms with E-state index in [1.54, 1.807) is 0 Å². The van der Waals surface area contributed by atoms with Crippen molar-refractivity contribution in [2.75, 3.05) is 47.5 Å². The van der Waals surface area contributed by atoms with Crippen molar-refractivity contribution in [3.63, 3.8) is 0 Å². The van der Waals surface area contributed by atoms with Crippen molar-refractivity contribution in [2.24, 2.45) is 0 Å². The van der Waals surface area contributed by atoms with Crippen LogP contribution in [0.1, 0.15) is 284 Å². The van der Waals surface area contributed by atoms with Gasteiger partial charge in [-0.3, -0.25) is 18.6 Å². The predicted octanol–water partition coefficient (Wildman–Crippen LogP) is 19.5. The number of carbonyl (C=O) groups is 2. The molecule has 432 valence electrons. The van der Waals surface area contributed by atoms with Crippen LogP contribution in [0, 0.1) is 0 Å². The Kier molecular flexibility index (Phi) is 53.7. The van der Waals surface area contributed by atoms with Gasteiger partial charge in [-0.25, -0.2) is 4.57 Å². The van der Waals surface area contributed by atoms with E-state index in [4.69, 9.17) is 18.5 Å². The summed E-state index contributed by atoms with van der Waals surface area (Å²) in [5.74, 6) is -0.810. The first kappa shape index (κ1) is 71.7. The normalized spacial score (nSPS) is 13.6. The molecule has 1 N–H and O–H groups in total. The molecule has 0 aliphatic heterocycles. The number of allylic oxidation sites excluding steroid dienone is 10. The highest BCUT2D eigenvalue weighted by atomic mass is 31.2. The first-order valence-corrected chi connectivity index (χ1v) is 32.5. The van der Waals surface area contributed by atoms with Crippen LogP contribution in [0.5, 0.6) is 0 Å². The Labute approximate surface area is 457 Å². The van der Waals surface area contributed by atoms with Gasteiger partial charge in [0.2, 0.25) is 0 Å². The van der Waals surface area contributed by atoms with Gasteiger partial charge in [0.25, 0.3) is 0 Å². The lowest BCUT2D eigenvalue weighted by molar-refractivity contribution is -0.870. The molecule has 0 amide bonds. The van der Waals surface area contributed by atoms with Gasteiger partial charge in [0.15, 0.2) is 6.10 Å². The third-order valence-corrected chi connectivity index (χ3v) is 14.5. The molecule has 9 nitrogen and oxygen atoms in total. The number of hydrogen-bond acceptors (Lipinski definition) is 7. The molecule has 10 heteroatoms. The second-order valence-corrected chi connectivity index (χ2v) is 23.5. The summed E-state index contributed by atoms with van der Waals surface area (Å²) in [6, 6.07) is 0. The first-order valence-electron chi connectivity index (χ1n) is 31.0. The van der Waals surface area contributed by atoms with Crippen molar-refractivity contribution in [1.82, 2.24) is 0 Å². The maximum absolute atomic E-state index is 12.8. The maximum Gasteiger partial charge on any atom is 0.472 e. The molecule has 0 bridgehead atoms. The van der Waals surface area contributed by atoms with Gasteiger partial charge in [0, 0.05) is 12.8 Å². The molecule has 0 heterocycles. The van der Waals surface area contributed by atoms with Crippen molar-refractivity contribution in [1.29, 1.82) is 0 Å². The molecule has 0 rings (SSSR count). The zero-order valence-corrected chi connectivity index (χ0v) is 50.0. The molecule has 0 aromatic carbocycles. The van der Waals surface area contributed by atoms with Crippen molar-refractivity contribution in [2.45, 2.75) is 290 Å². The van der Waals surface area contributed by atoms with Crippen LogP contribution in [0.4, 0.5) is 0 Å². The van der Waals surface area contributed by atoms with Gasteiger partial charge in [0.1, 0.15) is 19.8 Å². The average molecular weight is 1060 g/mol. The third kappa shape index (κ3) is 59.0. The number of esters is 2. The monoisotopic (exact) mass is 1060 g/mol. The molecule has 0 fully saturated rings. The zero-order chi connectivity index (χ0) is 54.2. The van der Waals surface area contributed by atoms with Crippen LogP contribution in [0.25, 0.3) is 0 Å². The van der Waals surface area contributed by atoms with Gasteiger partial charge in [-0.05, 0) is 57.8 Å². The SMILES string of the molecule is CC/C=C\C/C=C\C/C=C\C/C=C\C/C=C\CCCCCCCC(=O)OC(COC(=O)CCCCCCCCCCCCCCCCCCCCCCCCCCCCCCC)COP(=O)(O)OCC[N+](C)(C)C. The summed E-state index contributed by atoms with van der Waals surface area (Å²) >= 11 is 0. The highest BCUT2D eigenvalue weighted by Crippen LogP contribution is 2.43. The highest BCUT2D eigenvalue weighted by Gasteiger charge is 2.27. The summed E-state index contributed by atoms with van der Waals surface area (Å²) in [4.78, 5) is 35.7. The molecule has 0 saturated carbocycles. The van der Waals surface area contributed by atoms with Crippen molar-refractivity contribution < 1.29 is 42.1 Å². The van der Waals surface area contributed by atoms with Crippen LogP contribution in [0.3, 0.4) is 0 Å². The Bertz CT molecular complexity index is 1430. The number of carbonyl (C=O) groups excluding carboxylic acids is 2. The average Bonchev–Trinajstić information content (AvgIpc) is 3.36. The fraction of sp³-hybridized carbons (Fsp3) is 0.812. The number of phosphoric ester groups is 1. The molecule has 0 aliphatic carbocycles. The van der Waals surface area contributed by atoms with E-state index in [9.17, 15) is 19.0 Å². The second-order valence-electron chi connectivity index (χ2n) is 22.1. The standard InChI is InChI=1S/C64H118NO8P/c1-6-8-10-12-14-16-18-20-22-24-26-28-29-30-31-32-33-34-35-37-38-40-42-44-46-48-50-52-54-56-63(66)70-60-62(61-72-74(68,69)71-59-58-65(3,4)5)73-64(67)57-55-53-51-49-47-45-43-41-39-36-27-25-23-21-19-17-15-13-11-9-7-2/h9,11,15,17,21,23,27,36,41,43,62H,6-8,10,12-14,16,18-20,22,24-26,28-35,37-40,42,44-61H2,1-5H3/p+1/b11-9-,17-15-,23-21-,36-27-,43-41-. The first-order chi connectivity index (χ1) is 36.0. The molecule has 0 radical (unpaired) electrons. The van der Waals surface area contributed by atoms with Crippen LogP contribution in [-0.2, 0) is 32.7 Å². The summed E-state index contributed by atoms with van der Waals surface area (Å²) in [5, 5.41) is 0. The van der Waals surface area contributed by atoms with E-state index in [0.717, 1.165) is 83.5 Å². The van der Waals surface area contributed by atoms with Crippen molar-refractivity contribution in [3.05, 3.63) is 60.8 Å². The summed E-state index contributed by atoms with van der Waals surface area (Å²) in [7, 11) is 1.47. The second kappa shape index (κ2) is 55.5. The van der Waals surface area contributed by atoms with Gasteiger partial charge in [-0.15, -0.1) is 0 Å². The summed E-state index contributed by atoms with van der Waals surface area (Å²) in [6.07, 6.45) is 71.7. The van der Waals surface area contributed by atoms with Crippen LogP contribution >= 0.6 is 7.82 Å². The molecule has 0 aromatic rings. The fourth-order valence-electron chi connectivity index (χ4n) is 8.81. The van der Waals surface area contributed by atoms with Crippen LogP contribution < -0.4 is 0 Å². The van der Waals surface area contributed by atoms with E-state index in [0.29, 0.717) is 17.4 Å². The van der Waals surface area contributed by atoms with E-state index in [1.165, 1.54) is 167 Å². The van der Waals surface area contributed by atoms with Crippen LogP contribution in [-0.4, -0.2) is 74.9 Å². The van der Waals surface area contributed by atoms with Crippen molar-refractivity contribution in [3.8, 4) is 0 Å². The van der Waals surface area contributed by atoms with Gasteiger partial charge >= 0.3 is 19.8 Å². The fourth-order valence-corrected chi connectivity index (χ4v) is 9.55. The Morgan fingerprint density at radius 3 is 1.15 bits per heavy atom. The van der Waals surface area contributed by atoms with E-state index in [-0.39, 0.29) is 32.0 Å². The van der Waals surface area contributed by atoms with E-state index in [1.807, 2.05) is 21.1 Å². The van der Waals surface area contributed by atoms with E-state index >= 15 is 0 Å². The Hall–Kier alpha value is -2.29. The number of phosphoric acid groups is 1. The minimum atomic E-state index is -4.39. The molecule has 0 spiro atoms. The zero-order valence-electron chi connectivity index (χ0n) is 49.1. The highest BCUT2D eigenvalue weighted by molar-refractivity contribution is 7.47. The Morgan fingerprint density at radius 1 is 0.432 bits per heavy atom. The van der Waals surface area contributed by atoms with Gasteiger partial charge in [-0.2, -0.15) is 0 Å². The topological polar surface area (TPSA) is 108 Å². The number of likely N-dealkylation sites (N-methyl/N-ethyl adjacent to an activating group) is 1. The van der Waals surface area contributed by atoms with Gasteiger partial charge in [-0.1, -0.05) is 274 Å². The predicted molar refractivity (Wildman–Crippen MR) is 316 cm³/mol. The van der Waals surface area contributed by atoms with E-state index in [2.05, 4.69) is 74.6 Å². The molecule has 74 heavy (non-hydrogen) atoms. The summed E-state index contributed by atoms with van der Waals surface area (Å²) in [5.41, 5.74) is 0. The molecule has 0 aliphatic rings. The molecule has 0 aromatic heterocycles. The Morgan fingerprint density at radius 2 is 0.770 bits per heavy atom. The number of quaternary nitrogens is 1. The van der Waals surface area contributed by atoms with Gasteiger partial charge in [0.05, 0.1) is 27.7 Å². The molecule has 2 atom stereocenters. The largest absolute Gasteiger partial charge is 0.472 e. The maximum atomic E-state index is 12.8. The van der Waals surface area contributed by atoms with Crippen LogP contribution in [0.2, 0.25) is 0 Å². The van der Waals surface area contributed by atoms with E-state index < -0.39 is 26.5 Å². The molecule has 0 saturated heterocycles. The summed E-state index contributed by atoms with van der Waals surface area (Å²) in [6.45, 7) is 4.33. The minimum absolute atomic E-state index is 0.0265. The number of unbranched alkanes of at least 4 members (excludes halogenated alkanes) is 33. The number of rotatable bonds is 57. The number of nitrogens with zero attached hydrogens (tertiary/aromatic N) is 1. The van der Waals surface area contributed by atoms with Gasteiger partial charge < -0.3 is 18.9 Å². The smallest absolute Gasteiger partial charge is 0.462 e. The quantitative estimate of drug-likeness (QED) is 0.0211. The third-order valence-electron chi connectivity index (χ3n) is 13.6. The summed E-state index contributed by atoms with van der Waals surface area (Å²) < 4.78 is 34.6. The lowest BCUT2D eigenvalue weighted by atomic mass is 10.0. The minimum Gasteiger partial charge on any atom is -0.462 e. The molecular formula is C64H119NO8P+. The van der Waals surface area contributed by atoms with Crippen LogP contribution in [0.15, 0.2) is 60.8 Å².